The molecule has 132 valence electrons. The second-order valence-electron chi connectivity index (χ2n) is 5.98. The fourth-order valence-electron chi connectivity index (χ4n) is 3.34. The molecule has 0 amide bonds. The molecule has 2 heterocycles. The molecule has 5 heteroatoms. The van der Waals surface area contributed by atoms with Crippen molar-refractivity contribution in [2.24, 2.45) is 0 Å². The highest BCUT2D eigenvalue weighted by Crippen LogP contribution is 2.42. The Balaban J connectivity index is 1.74. The summed E-state index contributed by atoms with van der Waals surface area (Å²) in [6.07, 6.45) is 0.719. The van der Waals surface area contributed by atoms with Crippen LogP contribution in [0.15, 0.2) is 30.3 Å². The van der Waals surface area contributed by atoms with E-state index in [-0.39, 0.29) is 12.9 Å². The van der Waals surface area contributed by atoms with E-state index in [4.69, 9.17) is 23.7 Å². The Hall–Kier alpha value is -2.40. The lowest BCUT2D eigenvalue weighted by atomic mass is 9.92. The van der Waals surface area contributed by atoms with Gasteiger partial charge in [0, 0.05) is 0 Å². The van der Waals surface area contributed by atoms with Crippen LogP contribution in [0, 0.1) is 0 Å². The summed E-state index contributed by atoms with van der Waals surface area (Å²) in [7, 11) is 0. The lowest BCUT2D eigenvalue weighted by Crippen LogP contribution is -2.18. The van der Waals surface area contributed by atoms with Crippen molar-refractivity contribution in [3.05, 3.63) is 47.0 Å². The minimum atomic E-state index is -0.145. The Morgan fingerprint density at radius 2 is 1.72 bits per heavy atom. The van der Waals surface area contributed by atoms with Crippen molar-refractivity contribution in [2.75, 3.05) is 26.6 Å². The van der Waals surface area contributed by atoms with E-state index in [9.17, 15) is 0 Å². The van der Waals surface area contributed by atoms with Crippen LogP contribution in [0.2, 0.25) is 0 Å². The maximum atomic E-state index is 6.09. The van der Waals surface area contributed by atoms with Crippen molar-refractivity contribution in [1.82, 2.24) is 0 Å². The third kappa shape index (κ3) is 3.00. The molecule has 0 aromatic heterocycles. The summed E-state index contributed by atoms with van der Waals surface area (Å²) >= 11 is 0. The lowest BCUT2D eigenvalue weighted by Gasteiger charge is -2.28. The second-order valence-corrected chi connectivity index (χ2v) is 5.98. The fourth-order valence-corrected chi connectivity index (χ4v) is 3.34. The maximum Gasteiger partial charge on any atom is 0.231 e. The minimum Gasteiger partial charge on any atom is -0.490 e. The van der Waals surface area contributed by atoms with E-state index in [0.717, 1.165) is 40.5 Å². The van der Waals surface area contributed by atoms with Crippen LogP contribution in [0.4, 0.5) is 0 Å². The number of hydrogen-bond donors (Lipinski definition) is 0. The molecular weight excluding hydrogens is 320 g/mol. The molecule has 25 heavy (non-hydrogen) atoms. The van der Waals surface area contributed by atoms with Gasteiger partial charge in [0.2, 0.25) is 6.79 Å². The number of fused-ring (bicyclic) bond motifs is 2. The van der Waals surface area contributed by atoms with E-state index in [1.165, 1.54) is 5.56 Å². The molecule has 1 atom stereocenters. The Kier molecular flexibility index (Phi) is 4.40. The SMILES string of the molecule is CCOc1cc2c(cc1OCC)C(c1ccc3c(c1)OCO3)OCC2. The lowest BCUT2D eigenvalue weighted by molar-refractivity contribution is 0.0692. The highest BCUT2D eigenvalue weighted by Gasteiger charge is 2.27. The maximum absolute atomic E-state index is 6.09. The van der Waals surface area contributed by atoms with Crippen molar-refractivity contribution in [1.29, 1.82) is 0 Å². The summed E-state index contributed by atoms with van der Waals surface area (Å²) in [6.45, 7) is 6.10. The van der Waals surface area contributed by atoms with Gasteiger partial charge >= 0.3 is 0 Å². The van der Waals surface area contributed by atoms with Gasteiger partial charge < -0.3 is 23.7 Å². The van der Waals surface area contributed by atoms with Gasteiger partial charge in [-0.15, -0.1) is 0 Å². The number of benzene rings is 2. The molecule has 2 aliphatic rings. The van der Waals surface area contributed by atoms with Gasteiger partial charge in [-0.2, -0.15) is 0 Å². The van der Waals surface area contributed by atoms with E-state index in [2.05, 4.69) is 12.1 Å². The zero-order valence-electron chi connectivity index (χ0n) is 14.5. The van der Waals surface area contributed by atoms with Crippen molar-refractivity contribution < 1.29 is 23.7 Å². The molecule has 5 nitrogen and oxygen atoms in total. The summed E-state index contributed by atoms with van der Waals surface area (Å²) in [5.41, 5.74) is 3.41. The first-order valence-corrected chi connectivity index (χ1v) is 8.73. The smallest absolute Gasteiger partial charge is 0.231 e. The van der Waals surface area contributed by atoms with Crippen molar-refractivity contribution in [3.8, 4) is 23.0 Å². The highest BCUT2D eigenvalue weighted by molar-refractivity contribution is 5.53. The van der Waals surface area contributed by atoms with E-state index in [1.54, 1.807) is 0 Å². The van der Waals surface area contributed by atoms with Crippen molar-refractivity contribution in [2.45, 2.75) is 26.4 Å². The van der Waals surface area contributed by atoms with Crippen LogP contribution in [0.5, 0.6) is 23.0 Å². The van der Waals surface area contributed by atoms with Crippen LogP contribution < -0.4 is 18.9 Å². The molecule has 2 aromatic carbocycles. The van der Waals surface area contributed by atoms with Gasteiger partial charge in [0.05, 0.1) is 19.8 Å². The van der Waals surface area contributed by atoms with Crippen LogP contribution >= 0.6 is 0 Å². The van der Waals surface area contributed by atoms with Gasteiger partial charge in [0.15, 0.2) is 23.0 Å². The van der Waals surface area contributed by atoms with Gasteiger partial charge in [-0.1, -0.05) is 6.07 Å². The van der Waals surface area contributed by atoms with Crippen LogP contribution in [0.1, 0.15) is 36.6 Å². The molecule has 0 spiro atoms. The van der Waals surface area contributed by atoms with Crippen LogP contribution in [-0.4, -0.2) is 26.6 Å². The minimum absolute atomic E-state index is 0.145. The Bertz CT molecular complexity index is 771. The molecule has 2 aliphatic heterocycles. The first kappa shape index (κ1) is 16.1. The van der Waals surface area contributed by atoms with Gasteiger partial charge in [0.1, 0.15) is 6.10 Å². The van der Waals surface area contributed by atoms with E-state index in [0.29, 0.717) is 19.8 Å². The van der Waals surface area contributed by atoms with Gasteiger partial charge in [0.25, 0.3) is 0 Å². The summed E-state index contributed by atoms with van der Waals surface area (Å²) < 4.78 is 28.5. The zero-order chi connectivity index (χ0) is 17.2. The van der Waals surface area contributed by atoms with Gasteiger partial charge in [-0.05, 0) is 61.2 Å². The zero-order valence-corrected chi connectivity index (χ0v) is 14.5. The first-order chi connectivity index (χ1) is 12.3. The molecule has 0 radical (unpaired) electrons. The quantitative estimate of drug-likeness (QED) is 0.825. The standard InChI is InChI=1S/C20H22O5/c1-3-21-18-9-13-7-8-23-20(15(13)11-19(18)22-4-2)14-5-6-16-17(10-14)25-12-24-16/h5-6,9-11,20H,3-4,7-8,12H2,1-2H3. The largest absolute Gasteiger partial charge is 0.490 e. The van der Waals surface area contributed by atoms with Crippen molar-refractivity contribution in [3.63, 3.8) is 0 Å². The predicted molar refractivity (Wildman–Crippen MR) is 92.8 cm³/mol. The predicted octanol–water partition coefficient (Wildman–Crippen LogP) is 3.87. The molecule has 0 saturated carbocycles. The monoisotopic (exact) mass is 342 g/mol. The van der Waals surface area contributed by atoms with Gasteiger partial charge in [-0.3, -0.25) is 0 Å². The van der Waals surface area contributed by atoms with Crippen molar-refractivity contribution >= 4 is 0 Å². The van der Waals surface area contributed by atoms with Crippen LogP contribution in [0.25, 0.3) is 0 Å². The molecule has 1 unspecified atom stereocenters. The Labute approximate surface area is 147 Å². The number of rotatable bonds is 5. The molecule has 0 bridgehead atoms. The highest BCUT2D eigenvalue weighted by atomic mass is 16.7. The molecule has 0 N–H and O–H groups in total. The molecule has 2 aromatic rings. The Morgan fingerprint density at radius 3 is 2.52 bits per heavy atom. The van der Waals surface area contributed by atoms with Crippen LogP contribution in [-0.2, 0) is 11.2 Å². The molecule has 0 saturated heterocycles. The number of ether oxygens (including phenoxy) is 5. The number of hydrogen-bond acceptors (Lipinski definition) is 5. The van der Waals surface area contributed by atoms with Gasteiger partial charge in [-0.25, -0.2) is 0 Å². The van der Waals surface area contributed by atoms with E-state index < -0.39 is 0 Å². The summed E-state index contributed by atoms with van der Waals surface area (Å²) in [5.74, 6) is 3.11. The summed E-state index contributed by atoms with van der Waals surface area (Å²) in [6, 6.07) is 10.1. The average molecular weight is 342 g/mol. The summed E-state index contributed by atoms with van der Waals surface area (Å²) in [5, 5.41) is 0. The molecule has 0 aliphatic carbocycles. The molecular formula is C20H22O5. The van der Waals surface area contributed by atoms with E-state index >= 15 is 0 Å². The molecule has 0 fully saturated rings. The normalized spacial score (nSPS) is 17.9. The second kappa shape index (κ2) is 6.84. The third-order valence-corrected chi connectivity index (χ3v) is 4.44. The molecule has 4 rings (SSSR count). The fraction of sp³-hybridized carbons (Fsp3) is 0.400. The first-order valence-electron chi connectivity index (χ1n) is 8.73. The van der Waals surface area contributed by atoms with Crippen LogP contribution in [0.3, 0.4) is 0 Å². The van der Waals surface area contributed by atoms with E-state index in [1.807, 2.05) is 32.0 Å². The third-order valence-electron chi connectivity index (χ3n) is 4.44. The average Bonchev–Trinajstić information content (AvgIpc) is 3.10. The topological polar surface area (TPSA) is 46.2 Å². The Morgan fingerprint density at radius 1 is 0.960 bits per heavy atom. The summed E-state index contributed by atoms with van der Waals surface area (Å²) in [4.78, 5) is 0.